The van der Waals surface area contributed by atoms with Gasteiger partial charge in [-0.2, -0.15) is 0 Å². The Kier molecular flexibility index (Phi) is 5.92. The van der Waals surface area contributed by atoms with Gasteiger partial charge in [-0.25, -0.2) is 0 Å². The second-order valence-electron chi connectivity index (χ2n) is 4.27. The molecular formula is C11H22O5. The number of carbonyl (C=O) groups is 1. The van der Waals surface area contributed by atoms with Crippen molar-refractivity contribution in [3.8, 4) is 0 Å². The maximum Gasteiger partial charge on any atom is 0.312 e. The third-order valence-corrected chi connectivity index (χ3v) is 2.66. The number of aliphatic hydroxyl groups is 1. The Hall–Kier alpha value is -0.650. The summed E-state index contributed by atoms with van der Waals surface area (Å²) in [7, 11) is 4.12. The molecule has 0 aromatic rings. The van der Waals surface area contributed by atoms with Gasteiger partial charge < -0.3 is 19.3 Å². The predicted molar refractivity (Wildman–Crippen MR) is 58.8 cm³/mol. The molecule has 5 nitrogen and oxygen atoms in total. The highest BCUT2D eigenvalue weighted by atomic mass is 16.7. The lowest BCUT2D eigenvalue weighted by Crippen LogP contribution is -2.53. The first kappa shape index (κ1) is 15.3. The lowest BCUT2D eigenvalue weighted by molar-refractivity contribution is -0.235. The van der Waals surface area contributed by atoms with Gasteiger partial charge in [-0.15, -0.1) is 0 Å². The summed E-state index contributed by atoms with van der Waals surface area (Å²) in [5, 5.41) is 10.4. The number of carbonyl (C=O) groups excluding carboxylic acids is 1. The fraction of sp³-hybridized carbons (Fsp3) is 0.909. The first-order valence-electron chi connectivity index (χ1n) is 5.18. The van der Waals surface area contributed by atoms with Crippen molar-refractivity contribution in [2.24, 2.45) is 11.8 Å². The van der Waals surface area contributed by atoms with Crippen LogP contribution < -0.4 is 0 Å². The minimum atomic E-state index is -1.44. The van der Waals surface area contributed by atoms with Crippen LogP contribution in [0.15, 0.2) is 0 Å². The monoisotopic (exact) mass is 234 g/mol. The summed E-state index contributed by atoms with van der Waals surface area (Å²) in [5.41, 5.74) is -1.44. The Balaban J connectivity index is 5.09. The molecule has 0 bridgehead atoms. The molecule has 0 spiro atoms. The summed E-state index contributed by atoms with van der Waals surface area (Å²) < 4.78 is 14.7. The lowest BCUT2D eigenvalue weighted by Gasteiger charge is -2.37. The standard InChI is InChI=1S/C11H22O5/c1-7(2)8(9(12)14-4)11(3,13)10(15-5)16-6/h7-8,10,13H,1-6H3. The van der Waals surface area contributed by atoms with E-state index in [2.05, 4.69) is 4.74 Å². The molecule has 0 aromatic carbocycles. The van der Waals surface area contributed by atoms with Crippen molar-refractivity contribution < 1.29 is 24.1 Å². The Morgan fingerprint density at radius 3 is 1.88 bits per heavy atom. The van der Waals surface area contributed by atoms with Crippen LogP contribution in [0.3, 0.4) is 0 Å². The van der Waals surface area contributed by atoms with Crippen LogP contribution in [0.1, 0.15) is 20.8 Å². The summed E-state index contributed by atoms with van der Waals surface area (Å²) >= 11 is 0. The molecule has 0 aliphatic rings. The van der Waals surface area contributed by atoms with Crippen LogP contribution in [0.25, 0.3) is 0 Å². The van der Waals surface area contributed by atoms with Gasteiger partial charge in [0.15, 0.2) is 6.29 Å². The molecule has 2 atom stereocenters. The molecule has 0 aliphatic carbocycles. The van der Waals surface area contributed by atoms with Crippen LogP contribution in [-0.2, 0) is 19.0 Å². The summed E-state index contributed by atoms with van der Waals surface area (Å²) in [4.78, 5) is 11.6. The van der Waals surface area contributed by atoms with Crippen molar-refractivity contribution in [2.45, 2.75) is 32.7 Å². The van der Waals surface area contributed by atoms with Gasteiger partial charge in [0, 0.05) is 14.2 Å². The number of methoxy groups -OCH3 is 3. The van der Waals surface area contributed by atoms with Crippen LogP contribution >= 0.6 is 0 Å². The molecule has 0 saturated heterocycles. The third kappa shape index (κ3) is 3.17. The zero-order valence-corrected chi connectivity index (χ0v) is 10.8. The van der Waals surface area contributed by atoms with Gasteiger partial charge in [0.05, 0.1) is 13.0 Å². The van der Waals surface area contributed by atoms with Gasteiger partial charge >= 0.3 is 5.97 Å². The van der Waals surface area contributed by atoms with Gasteiger partial charge in [-0.3, -0.25) is 4.79 Å². The van der Waals surface area contributed by atoms with E-state index in [9.17, 15) is 9.90 Å². The molecule has 0 amide bonds. The highest BCUT2D eigenvalue weighted by Crippen LogP contribution is 2.30. The lowest BCUT2D eigenvalue weighted by atomic mass is 9.80. The SMILES string of the molecule is COC(=O)C(C(C)C)C(C)(O)C(OC)OC. The van der Waals surface area contributed by atoms with Crippen molar-refractivity contribution >= 4 is 5.97 Å². The summed E-state index contributed by atoms with van der Waals surface area (Å²) in [6.07, 6.45) is -0.876. The summed E-state index contributed by atoms with van der Waals surface area (Å²) in [6.45, 7) is 5.17. The number of hydrogen-bond donors (Lipinski definition) is 1. The van der Waals surface area contributed by atoms with Crippen LogP contribution in [0.2, 0.25) is 0 Å². The van der Waals surface area contributed by atoms with Gasteiger partial charge in [0.2, 0.25) is 0 Å². The Labute approximate surface area is 96.7 Å². The van der Waals surface area contributed by atoms with Gasteiger partial charge in [0.1, 0.15) is 5.60 Å². The highest BCUT2D eigenvalue weighted by molar-refractivity contribution is 5.74. The minimum absolute atomic E-state index is 0.0877. The summed E-state index contributed by atoms with van der Waals surface area (Å²) in [6, 6.07) is 0. The van der Waals surface area contributed by atoms with E-state index in [0.717, 1.165) is 0 Å². The maximum absolute atomic E-state index is 11.6. The highest BCUT2D eigenvalue weighted by Gasteiger charge is 2.46. The van der Waals surface area contributed by atoms with Gasteiger partial charge in [-0.05, 0) is 12.8 Å². The van der Waals surface area contributed by atoms with E-state index in [0.29, 0.717) is 0 Å². The number of ether oxygens (including phenoxy) is 3. The smallest absolute Gasteiger partial charge is 0.312 e. The predicted octanol–water partition coefficient (Wildman–Crippen LogP) is 0.801. The van der Waals surface area contributed by atoms with E-state index >= 15 is 0 Å². The molecule has 0 fully saturated rings. The minimum Gasteiger partial charge on any atom is -0.469 e. The van der Waals surface area contributed by atoms with Crippen LogP contribution in [0, 0.1) is 11.8 Å². The molecular weight excluding hydrogens is 212 g/mol. The average molecular weight is 234 g/mol. The molecule has 2 unspecified atom stereocenters. The second kappa shape index (κ2) is 6.18. The Morgan fingerprint density at radius 1 is 1.19 bits per heavy atom. The van der Waals surface area contributed by atoms with Crippen LogP contribution in [-0.4, -0.2) is 44.3 Å². The van der Waals surface area contributed by atoms with E-state index in [-0.39, 0.29) is 5.92 Å². The van der Waals surface area contributed by atoms with E-state index in [1.165, 1.54) is 28.3 Å². The zero-order valence-electron chi connectivity index (χ0n) is 10.8. The Bertz CT molecular complexity index is 220. The normalized spacial score (nSPS) is 17.3. The van der Waals surface area contributed by atoms with Crippen molar-refractivity contribution in [3.63, 3.8) is 0 Å². The molecule has 5 heteroatoms. The van der Waals surface area contributed by atoms with Crippen molar-refractivity contribution in [1.82, 2.24) is 0 Å². The van der Waals surface area contributed by atoms with Crippen LogP contribution in [0.4, 0.5) is 0 Å². The topological polar surface area (TPSA) is 65.0 Å². The van der Waals surface area contributed by atoms with E-state index in [4.69, 9.17) is 9.47 Å². The van der Waals surface area contributed by atoms with Gasteiger partial charge in [0.25, 0.3) is 0 Å². The molecule has 0 rings (SSSR count). The molecule has 0 saturated carbocycles. The fourth-order valence-electron chi connectivity index (χ4n) is 2.03. The maximum atomic E-state index is 11.6. The van der Waals surface area contributed by atoms with E-state index in [1.54, 1.807) is 0 Å². The third-order valence-electron chi connectivity index (χ3n) is 2.66. The number of rotatable bonds is 6. The molecule has 1 N–H and O–H groups in total. The molecule has 0 radical (unpaired) electrons. The van der Waals surface area contributed by atoms with Crippen molar-refractivity contribution in [3.05, 3.63) is 0 Å². The number of hydrogen-bond acceptors (Lipinski definition) is 5. The average Bonchev–Trinajstić information content (AvgIpc) is 2.17. The quantitative estimate of drug-likeness (QED) is 0.544. The zero-order chi connectivity index (χ0) is 12.9. The molecule has 0 heterocycles. The molecule has 0 aromatic heterocycles. The molecule has 96 valence electrons. The van der Waals surface area contributed by atoms with Crippen molar-refractivity contribution in [1.29, 1.82) is 0 Å². The van der Waals surface area contributed by atoms with Crippen molar-refractivity contribution in [2.75, 3.05) is 21.3 Å². The number of esters is 1. The fourth-order valence-corrected chi connectivity index (χ4v) is 2.03. The van der Waals surface area contributed by atoms with Gasteiger partial charge in [-0.1, -0.05) is 13.8 Å². The first-order chi connectivity index (χ1) is 7.32. The van der Waals surface area contributed by atoms with E-state index < -0.39 is 23.8 Å². The summed E-state index contributed by atoms with van der Waals surface area (Å²) in [5.74, 6) is -1.27. The van der Waals surface area contributed by atoms with E-state index in [1.807, 2.05) is 13.8 Å². The molecule has 16 heavy (non-hydrogen) atoms. The Morgan fingerprint density at radius 2 is 1.62 bits per heavy atom. The van der Waals surface area contributed by atoms with Crippen LogP contribution in [0.5, 0.6) is 0 Å². The second-order valence-corrected chi connectivity index (χ2v) is 4.27. The first-order valence-corrected chi connectivity index (χ1v) is 5.18. The largest absolute Gasteiger partial charge is 0.469 e. The molecule has 0 aliphatic heterocycles.